The molecule has 0 spiro atoms. The van der Waals surface area contributed by atoms with Gasteiger partial charge in [-0.05, 0) is 12.8 Å². The van der Waals surface area contributed by atoms with Crippen LogP contribution in [-0.4, -0.2) is 57.8 Å². The lowest BCUT2D eigenvalue weighted by Gasteiger charge is -2.22. The normalized spacial score (nSPS) is 39.3. The molecule has 3 saturated heterocycles. The minimum Gasteiger partial charge on any atom is -0.480 e. The topological polar surface area (TPSA) is 104 Å². The van der Waals surface area contributed by atoms with Crippen molar-refractivity contribution in [1.29, 1.82) is 0 Å². The first kappa shape index (κ1) is 11.6. The summed E-state index contributed by atoms with van der Waals surface area (Å²) in [5.74, 6) is -3.50. The van der Waals surface area contributed by atoms with Crippen molar-refractivity contribution in [1.82, 2.24) is 4.90 Å². The number of carboxylic acids is 1. The van der Waals surface area contributed by atoms with E-state index in [2.05, 4.69) is 0 Å². The number of amides is 2. The maximum Gasteiger partial charge on any atom is 0.329 e. The van der Waals surface area contributed by atoms with Gasteiger partial charge >= 0.3 is 5.97 Å². The van der Waals surface area contributed by atoms with Crippen molar-refractivity contribution in [2.24, 2.45) is 11.8 Å². The molecule has 3 aliphatic heterocycles. The van der Waals surface area contributed by atoms with E-state index in [0.29, 0.717) is 4.90 Å². The van der Waals surface area contributed by atoms with Crippen LogP contribution in [0.25, 0.3) is 0 Å². The Morgan fingerprint density at radius 3 is 2.17 bits per heavy atom. The number of carbonyl (C=O) groups excluding carboxylic acids is 2. The first-order valence-corrected chi connectivity index (χ1v) is 5.92. The zero-order valence-corrected chi connectivity index (χ0v) is 9.48. The molecule has 18 heavy (non-hydrogen) atoms. The van der Waals surface area contributed by atoms with Gasteiger partial charge in [0, 0.05) is 0 Å². The van der Waals surface area contributed by atoms with Crippen molar-refractivity contribution in [3.63, 3.8) is 0 Å². The van der Waals surface area contributed by atoms with E-state index in [1.807, 2.05) is 0 Å². The van der Waals surface area contributed by atoms with Crippen LogP contribution in [0.4, 0.5) is 0 Å². The number of hydrogen-bond acceptors (Lipinski definition) is 5. The van der Waals surface area contributed by atoms with Crippen LogP contribution in [0.5, 0.6) is 0 Å². The third kappa shape index (κ3) is 1.28. The lowest BCUT2D eigenvalue weighted by atomic mass is 9.81. The van der Waals surface area contributed by atoms with Crippen LogP contribution in [0.15, 0.2) is 0 Å². The van der Waals surface area contributed by atoms with Crippen molar-refractivity contribution in [3.05, 3.63) is 0 Å². The Balaban J connectivity index is 1.93. The summed E-state index contributed by atoms with van der Waals surface area (Å²) in [6.45, 7) is -0.761. The summed E-state index contributed by atoms with van der Waals surface area (Å²) in [4.78, 5) is 36.0. The molecule has 7 heteroatoms. The van der Waals surface area contributed by atoms with E-state index in [4.69, 9.17) is 14.9 Å². The van der Waals surface area contributed by atoms with Gasteiger partial charge in [0.25, 0.3) is 0 Å². The van der Waals surface area contributed by atoms with Gasteiger partial charge < -0.3 is 14.9 Å². The van der Waals surface area contributed by atoms with Gasteiger partial charge in [0.15, 0.2) is 6.04 Å². The zero-order chi connectivity index (χ0) is 13.0. The predicted molar refractivity (Wildman–Crippen MR) is 55.2 cm³/mol. The number of fused-ring (bicyclic) bond motifs is 5. The largest absolute Gasteiger partial charge is 0.480 e. The molecule has 0 aliphatic carbocycles. The summed E-state index contributed by atoms with van der Waals surface area (Å²) in [5, 5.41) is 18.0. The lowest BCUT2D eigenvalue weighted by Crippen LogP contribution is -2.48. The highest BCUT2D eigenvalue weighted by Crippen LogP contribution is 2.48. The Kier molecular flexibility index (Phi) is 2.43. The zero-order valence-electron chi connectivity index (χ0n) is 9.48. The monoisotopic (exact) mass is 255 g/mol. The summed E-state index contributed by atoms with van der Waals surface area (Å²) in [7, 11) is 0. The van der Waals surface area contributed by atoms with Crippen molar-refractivity contribution >= 4 is 17.8 Å². The average molecular weight is 255 g/mol. The van der Waals surface area contributed by atoms with Crippen molar-refractivity contribution in [3.8, 4) is 0 Å². The van der Waals surface area contributed by atoms with E-state index >= 15 is 0 Å². The van der Waals surface area contributed by atoms with Gasteiger partial charge in [0.1, 0.15) is 0 Å². The molecule has 5 unspecified atom stereocenters. The predicted octanol–water partition coefficient (Wildman–Crippen LogP) is -1.41. The highest BCUT2D eigenvalue weighted by molar-refractivity contribution is 6.08. The summed E-state index contributed by atoms with van der Waals surface area (Å²) in [5.41, 5.74) is 0. The number of aliphatic hydroxyl groups excluding tert-OH is 1. The number of aliphatic hydroxyl groups is 1. The van der Waals surface area contributed by atoms with Gasteiger partial charge in [-0.15, -0.1) is 0 Å². The fourth-order valence-electron chi connectivity index (χ4n) is 3.31. The average Bonchev–Trinajstić information content (AvgIpc) is 2.98. The molecule has 0 aromatic carbocycles. The van der Waals surface area contributed by atoms with Crippen molar-refractivity contribution < 1.29 is 29.3 Å². The minimum atomic E-state index is -1.48. The number of imide groups is 1. The summed E-state index contributed by atoms with van der Waals surface area (Å²) in [6, 6.07) is -1.48. The first-order valence-electron chi connectivity index (χ1n) is 5.92. The van der Waals surface area contributed by atoms with Crippen LogP contribution in [0, 0.1) is 11.8 Å². The quantitative estimate of drug-likeness (QED) is 0.601. The number of carbonyl (C=O) groups is 3. The third-order valence-corrected chi connectivity index (χ3v) is 4.09. The highest BCUT2D eigenvalue weighted by Gasteiger charge is 2.63. The minimum absolute atomic E-state index is 0.269. The van der Waals surface area contributed by atoms with Gasteiger partial charge in [-0.25, -0.2) is 4.79 Å². The van der Waals surface area contributed by atoms with Crippen LogP contribution < -0.4 is 0 Å². The first-order chi connectivity index (χ1) is 8.56. The Labute approximate surface area is 102 Å². The molecular weight excluding hydrogens is 242 g/mol. The second-order valence-electron chi connectivity index (χ2n) is 4.92. The summed E-state index contributed by atoms with van der Waals surface area (Å²) < 4.78 is 5.52. The van der Waals surface area contributed by atoms with E-state index in [1.54, 1.807) is 0 Å². The van der Waals surface area contributed by atoms with Gasteiger partial charge in [-0.1, -0.05) is 0 Å². The van der Waals surface area contributed by atoms with E-state index in [1.165, 1.54) is 0 Å². The fourth-order valence-corrected chi connectivity index (χ4v) is 3.31. The van der Waals surface area contributed by atoms with E-state index in [0.717, 1.165) is 12.8 Å². The van der Waals surface area contributed by atoms with Gasteiger partial charge in [-0.3, -0.25) is 14.5 Å². The van der Waals surface area contributed by atoms with E-state index < -0.39 is 42.3 Å². The smallest absolute Gasteiger partial charge is 0.329 e. The molecule has 7 nitrogen and oxygen atoms in total. The number of aliphatic carboxylic acids is 1. The molecule has 3 heterocycles. The van der Waals surface area contributed by atoms with E-state index in [-0.39, 0.29) is 12.2 Å². The molecule has 2 bridgehead atoms. The molecule has 0 aromatic rings. The number of nitrogens with zero attached hydrogens (tertiary/aromatic N) is 1. The molecule has 2 amide bonds. The number of rotatable bonds is 3. The number of ether oxygens (including phenoxy) is 1. The molecule has 98 valence electrons. The molecule has 0 aromatic heterocycles. The van der Waals surface area contributed by atoms with Gasteiger partial charge in [0.2, 0.25) is 11.8 Å². The molecule has 2 N–H and O–H groups in total. The maximum absolute atomic E-state index is 12.1. The fraction of sp³-hybridized carbons (Fsp3) is 0.727. The van der Waals surface area contributed by atoms with Crippen LogP contribution in [0.3, 0.4) is 0 Å². The van der Waals surface area contributed by atoms with E-state index in [9.17, 15) is 14.4 Å². The van der Waals surface area contributed by atoms with Crippen LogP contribution in [-0.2, 0) is 19.1 Å². The second-order valence-corrected chi connectivity index (χ2v) is 4.92. The van der Waals surface area contributed by atoms with Gasteiger partial charge in [0.05, 0.1) is 30.7 Å². The molecule has 5 atom stereocenters. The molecule has 3 rings (SSSR count). The Bertz CT molecular complexity index is 407. The Morgan fingerprint density at radius 1 is 1.28 bits per heavy atom. The molecule has 0 saturated carbocycles. The summed E-state index contributed by atoms with van der Waals surface area (Å²) >= 11 is 0. The van der Waals surface area contributed by atoms with Gasteiger partial charge in [-0.2, -0.15) is 0 Å². The van der Waals surface area contributed by atoms with Crippen LogP contribution in [0.1, 0.15) is 12.8 Å². The third-order valence-electron chi connectivity index (χ3n) is 4.09. The maximum atomic E-state index is 12.1. The second kappa shape index (κ2) is 3.76. The molecule has 3 fully saturated rings. The Hall–Kier alpha value is -1.47. The SMILES string of the molecule is O=C(O)C(CO)N1C(=O)C2C3CCC(O3)C2C1=O. The Morgan fingerprint density at radius 2 is 1.78 bits per heavy atom. The number of likely N-dealkylation sites (tertiary alicyclic amines) is 1. The highest BCUT2D eigenvalue weighted by atomic mass is 16.5. The van der Waals surface area contributed by atoms with Crippen molar-refractivity contribution in [2.75, 3.05) is 6.61 Å². The summed E-state index contributed by atoms with van der Waals surface area (Å²) in [6.07, 6.45) is 0.926. The molecular formula is C11H13NO6. The number of carboxylic acid groups (broad SMARTS) is 1. The molecule has 3 aliphatic rings. The standard InChI is InChI=1S/C11H13NO6/c13-3-4(11(16)17)12-9(14)7-5-1-2-6(18-5)8(7)10(12)15/h4-8,13H,1-3H2,(H,16,17). The van der Waals surface area contributed by atoms with Crippen LogP contribution in [0.2, 0.25) is 0 Å². The van der Waals surface area contributed by atoms with Crippen molar-refractivity contribution in [2.45, 2.75) is 31.1 Å². The van der Waals surface area contributed by atoms with Crippen LogP contribution >= 0.6 is 0 Å². The lowest BCUT2D eigenvalue weighted by molar-refractivity contribution is -0.158. The number of hydrogen-bond donors (Lipinski definition) is 2. The molecule has 0 radical (unpaired) electrons.